The van der Waals surface area contributed by atoms with Gasteiger partial charge in [0, 0.05) is 11.8 Å². The highest BCUT2D eigenvalue weighted by molar-refractivity contribution is 6.22. The first-order valence-electron chi connectivity index (χ1n) is 8.67. The molecule has 0 atom stereocenters. The quantitative estimate of drug-likeness (QED) is 0.551. The minimum atomic E-state index is -0.819. The summed E-state index contributed by atoms with van der Waals surface area (Å²) in [5.41, 5.74) is -0.271. The fourth-order valence-corrected chi connectivity index (χ4v) is 3.02. The van der Waals surface area contributed by atoms with Crippen molar-refractivity contribution >= 4 is 23.4 Å². The SMILES string of the molecule is COc1ccccc1-n1nc(C(=O)Nc2ccc3c(c2)C(=O)NC3=O)c(O)cc1=O. The number of methoxy groups -OCH3 is 1. The van der Waals surface area contributed by atoms with Crippen molar-refractivity contribution in [1.29, 1.82) is 0 Å². The van der Waals surface area contributed by atoms with E-state index in [1.807, 2.05) is 0 Å². The number of fused-ring (bicyclic) bond motifs is 1. The molecule has 0 saturated heterocycles. The van der Waals surface area contributed by atoms with Crippen LogP contribution in [0.2, 0.25) is 0 Å². The molecule has 0 unspecified atom stereocenters. The molecule has 3 N–H and O–H groups in total. The second-order valence-corrected chi connectivity index (χ2v) is 6.30. The van der Waals surface area contributed by atoms with Gasteiger partial charge in [0.25, 0.3) is 23.3 Å². The lowest BCUT2D eigenvalue weighted by molar-refractivity contribution is 0.0878. The number of ether oxygens (including phenoxy) is 1. The highest BCUT2D eigenvalue weighted by Crippen LogP contribution is 2.23. The van der Waals surface area contributed by atoms with Crippen LogP contribution >= 0.6 is 0 Å². The average molecular weight is 406 g/mol. The number of anilines is 1. The second-order valence-electron chi connectivity index (χ2n) is 6.30. The van der Waals surface area contributed by atoms with E-state index in [2.05, 4.69) is 15.7 Å². The van der Waals surface area contributed by atoms with Crippen molar-refractivity contribution in [2.75, 3.05) is 12.4 Å². The van der Waals surface area contributed by atoms with E-state index in [-0.39, 0.29) is 22.5 Å². The first-order chi connectivity index (χ1) is 14.4. The second kappa shape index (κ2) is 7.17. The number of rotatable bonds is 4. The lowest BCUT2D eigenvalue weighted by Gasteiger charge is -2.12. The third-order valence-electron chi connectivity index (χ3n) is 4.43. The molecule has 30 heavy (non-hydrogen) atoms. The molecule has 0 saturated carbocycles. The number of amides is 3. The lowest BCUT2D eigenvalue weighted by Crippen LogP contribution is -2.25. The van der Waals surface area contributed by atoms with Gasteiger partial charge in [0.05, 0.1) is 18.2 Å². The van der Waals surface area contributed by atoms with Gasteiger partial charge in [0.15, 0.2) is 11.4 Å². The largest absolute Gasteiger partial charge is 0.505 e. The van der Waals surface area contributed by atoms with Crippen LogP contribution in [0.3, 0.4) is 0 Å². The number of imide groups is 1. The van der Waals surface area contributed by atoms with Crippen LogP contribution in [0, 0.1) is 0 Å². The van der Waals surface area contributed by atoms with Crippen LogP contribution < -0.4 is 20.9 Å². The van der Waals surface area contributed by atoms with Crippen molar-refractivity contribution in [3.8, 4) is 17.2 Å². The van der Waals surface area contributed by atoms with Gasteiger partial charge in [-0.3, -0.25) is 24.5 Å². The molecule has 0 aliphatic carbocycles. The van der Waals surface area contributed by atoms with E-state index in [9.17, 15) is 24.3 Å². The minimum Gasteiger partial charge on any atom is -0.505 e. The predicted molar refractivity (Wildman–Crippen MR) is 104 cm³/mol. The van der Waals surface area contributed by atoms with Crippen molar-refractivity contribution in [3.05, 3.63) is 75.7 Å². The van der Waals surface area contributed by atoms with Gasteiger partial charge >= 0.3 is 0 Å². The topological polar surface area (TPSA) is 140 Å². The van der Waals surface area contributed by atoms with E-state index in [0.717, 1.165) is 10.7 Å². The van der Waals surface area contributed by atoms with Crippen molar-refractivity contribution in [3.63, 3.8) is 0 Å². The molecule has 0 radical (unpaired) electrons. The third-order valence-corrected chi connectivity index (χ3v) is 4.43. The molecule has 10 heteroatoms. The summed E-state index contributed by atoms with van der Waals surface area (Å²) >= 11 is 0. The maximum atomic E-state index is 12.7. The molecule has 3 amide bonds. The number of carbonyl (C=O) groups excluding carboxylic acids is 3. The Labute approximate surface area is 168 Å². The molecule has 1 aliphatic rings. The van der Waals surface area contributed by atoms with Gasteiger partial charge in [-0.05, 0) is 30.3 Å². The average Bonchev–Trinajstić information content (AvgIpc) is 3.01. The number of aromatic nitrogens is 2. The molecule has 4 rings (SSSR count). The van der Waals surface area contributed by atoms with Gasteiger partial charge in [-0.1, -0.05) is 12.1 Å². The molecule has 0 bridgehead atoms. The van der Waals surface area contributed by atoms with Gasteiger partial charge < -0.3 is 15.2 Å². The van der Waals surface area contributed by atoms with Crippen LogP contribution in [-0.4, -0.2) is 39.7 Å². The Morgan fingerprint density at radius 2 is 1.80 bits per heavy atom. The zero-order chi connectivity index (χ0) is 21.4. The Kier molecular flexibility index (Phi) is 4.51. The first-order valence-corrected chi connectivity index (χ1v) is 8.67. The summed E-state index contributed by atoms with van der Waals surface area (Å²) in [6.07, 6.45) is 0. The number of carbonyl (C=O) groups is 3. The van der Waals surface area contributed by atoms with Crippen LogP contribution in [0.1, 0.15) is 31.2 Å². The van der Waals surface area contributed by atoms with E-state index in [4.69, 9.17) is 4.74 Å². The number of aromatic hydroxyl groups is 1. The standard InChI is InChI=1S/C20H14N4O6/c1-30-15-5-3-2-4-13(15)24-16(26)9-14(25)17(23-24)20(29)21-10-6-7-11-12(8-10)19(28)22-18(11)27/h2-9,25H,1H3,(H,21,29)(H,22,27,28). The summed E-state index contributed by atoms with van der Waals surface area (Å²) in [5, 5.41) is 18.7. The summed E-state index contributed by atoms with van der Waals surface area (Å²) in [6, 6.07) is 11.6. The van der Waals surface area contributed by atoms with E-state index < -0.39 is 34.7 Å². The van der Waals surface area contributed by atoms with Crippen molar-refractivity contribution < 1.29 is 24.2 Å². The number of hydrogen-bond acceptors (Lipinski definition) is 7. The Morgan fingerprint density at radius 3 is 2.57 bits per heavy atom. The Balaban J connectivity index is 1.70. The molecule has 1 aliphatic heterocycles. The van der Waals surface area contributed by atoms with Crippen LogP contribution in [0.4, 0.5) is 5.69 Å². The van der Waals surface area contributed by atoms with E-state index in [1.54, 1.807) is 24.3 Å². The van der Waals surface area contributed by atoms with Gasteiger partial charge in [0.1, 0.15) is 11.4 Å². The van der Waals surface area contributed by atoms with Gasteiger partial charge in [-0.2, -0.15) is 9.78 Å². The lowest BCUT2D eigenvalue weighted by atomic mass is 10.1. The molecular formula is C20H14N4O6. The Bertz CT molecular complexity index is 1280. The maximum absolute atomic E-state index is 12.7. The van der Waals surface area contributed by atoms with E-state index in [1.165, 1.54) is 25.3 Å². The van der Waals surface area contributed by atoms with Crippen molar-refractivity contribution in [2.45, 2.75) is 0 Å². The molecule has 2 aromatic carbocycles. The molecule has 10 nitrogen and oxygen atoms in total. The number of nitrogens with zero attached hydrogens (tertiary/aromatic N) is 2. The molecule has 0 spiro atoms. The first kappa shape index (κ1) is 18.9. The van der Waals surface area contributed by atoms with Crippen molar-refractivity contribution in [2.24, 2.45) is 0 Å². The van der Waals surface area contributed by atoms with Gasteiger partial charge in [-0.25, -0.2) is 0 Å². The highest BCUT2D eigenvalue weighted by atomic mass is 16.5. The van der Waals surface area contributed by atoms with Crippen LogP contribution in [0.25, 0.3) is 5.69 Å². The summed E-state index contributed by atoms with van der Waals surface area (Å²) in [7, 11) is 1.42. The smallest absolute Gasteiger partial charge is 0.279 e. The fraction of sp³-hybridized carbons (Fsp3) is 0.0500. The minimum absolute atomic E-state index is 0.119. The normalized spacial score (nSPS) is 12.3. The summed E-state index contributed by atoms with van der Waals surface area (Å²) in [4.78, 5) is 48.4. The maximum Gasteiger partial charge on any atom is 0.279 e. The molecule has 150 valence electrons. The Morgan fingerprint density at radius 1 is 1.07 bits per heavy atom. The molecule has 1 aromatic heterocycles. The molecule has 2 heterocycles. The number of benzene rings is 2. The van der Waals surface area contributed by atoms with E-state index >= 15 is 0 Å². The molecular weight excluding hydrogens is 392 g/mol. The number of nitrogens with one attached hydrogen (secondary N) is 2. The van der Waals surface area contributed by atoms with Crippen LogP contribution in [-0.2, 0) is 0 Å². The van der Waals surface area contributed by atoms with Gasteiger partial charge in [0.2, 0.25) is 0 Å². The predicted octanol–water partition coefficient (Wildman–Crippen LogP) is 1.08. The number of para-hydroxylation sites is 2. The summed E-state index contributed by atoms with van der Waals surface area (Å²) in [5.74, 6) is -2.18. The zero-order valence-corrected chi connectivity index (χ0v) is 15.5. The zero-order valence-electron chi connectivity index (χ0n) is 15.5. The summed E-state index contributed by atoms with van der Waals surface area (Å²) < 4.78 is 6.15. The summed E-state index contributed by atoms with van der Waals surface area (Å²) in [6.45, 7) is 0. The highest BCUT2D eigenvalue weighted by Gasteiger charge is 2.27. The molecule has 3 aromatic rings. The fourth-order valence-electron chi connectivity index (χ4n) is 3.02. The Hall–Kier alpha value is -4.47. The number of hydrogen-bond donors (Lipinski definition) is 3. The molecule has 0 fully saturated rings. The van der Waals surface area contributed by atoms with Crippen LogP contribution in [0.5, 0.6) is 11.5 Å². The van der Waals surface area contributed by atoms with E-state index in [0.29, 0.717) is 5.75 Å². The van der Waals surface area contributed by atoms with Crippen molar-refractivity contribution in [1.82, 2.24) is 15.1 Å². The van der Waals surface area contributed by atoms with Crippen LogP contribution in [0.15, 0.2) is 53.3 Å². The third kappa shape index (κ3) is 3.15. The monoisotopic (exact) mass is 406 g/mol. The van der Waals surface area contributed by atoms with Gasteiger partial charge in [-0.15, -0.1) is 0 Å².